The van der Waals surface area contributed by atoms with Crippen LogP contribution in [0.3, 0.4) is 0 Å². The molecule has 11 heteroatoms. The Balaban J connectivity index is 2.04. The van der Waals surface area contributed by atoms with Crippen molar-refractivity contribution in [2.45, 2.75) is 25.9 Å². The van der Waals surface area contributed by atoms with Crippen LogP contribution in [0.1, 0.15) is 16.7 Å². The van der Waals surface area contributed by atoms with Gasteiger partial charge >= 0.3 is 0 Å². The Hall–Kier alpha value is -4.25. The molecule has 2 amide bonds. The van der Waals surface area contributed by atoms with Crippen LogP contribution in [0.2, 0.25) is 0 Å². The third-order valence-electron chi connectivity index (χ3n) is 5.96. The van der Waals surface area contributed by atoms with Gasteiger partial charge in [-0.3, -0.25) is 24.0 Å². The first-order chi connectivity index (χ1) is 18.0. The fourth-order valence-corrected chi connectivity index (χ4v) is 4.94. The summed E-state index contributed by atoms with van der Waals surface area (Å²) in [6.07, 6.45) is 1.12. The molecule has 0 saturated heterocycles. The lowest BCUT2D eigenvalue weighted by Crippen LogP contribution is -2.52. The number of hydrogen-bond acceptors (Lipinski definition) is 6. The van der Waals surface area contributed by atoms with E-state index in [1.807, 2.05) is 61.5 Å². The van der Waals surface area contributed by atoms with E-state index < -0.39 is 39.3 Å². The van der Waals surface area contributed by atoms with E-state index in [2.05, 4.69) is 5.32 Å². The van der Waals surface area contributed by atoms with Gasteiger partial charge in [-0.25, -0.2) is 8.42 Å². The highest BCUT2D eigenvalue weighted by atomic mass is 32.2. The van der Waals surface area contributed by atoms with Crippen LogP contribution in [0.15, 0.2) is 78.9 Å². The predicted octanol–water partition coefficient (Wildman–Crippen LogP) is 3.06. The number of anilines is 1. The summed E-state index contributed by atoms with van der Waals surface area (Å²) in [4.78, 5) is 38.9. The summed E-state index contributed by atoms with van der Waals surface area (Å²) in [6, 6.07) is 20.8. The molecule has 0 heterocycles. The Labute approximate surface area is 222 Å². The van der Waals surface area contributed by atoms with Crippen molar-refractivity contribution in [3.05, 3.63) is 106 Å². The second kappa shape index (κ2) is 12.3. The van der Waals surface area contributed by atoms with Gasteiger partial charge in [0.2, 0.25) is 21.8 Å². The van der Waals surface area contributed by atoms with E-state index in [1.54, 1.807) is 0 Å². The van der Waals surface area contributed by atoms with Crippen LogP contribution in [0, 0.1) is 17.0 Å². The molecule has 1 N–H and O–H groups in total. The molecule has 38 heavy (non-hydrogen) atoms. The molecule has 0 bridgehead atoms. The minimum absolute atomic E-state index is 0.0230. The van der Waals surface area contributed by atoms with Gasteiger partial charge in [-0.15, -0.1) is 0 Å². The average Bonchev–Trinajstić information content (AvgIpc) is 2.88. The van der Waals surface area contributed by atoms with Gasteiger partial charge in [0.05, 0.1) is 16.9 Å². The summed E-state index contributed by atoms with van der Waals surface area (Å²) in [5, 5.41) is 13.9. The van der Waals surface area contributed by atoms with Gasteiger partial charge in [0, 0.05) is 32.1 Å². The van der Waals surface area contributed by atoms with Crippen molar-refractivity contribution in [2.24, 2.45) is 0 Å². The Bertz CT molecular complexity index is 1410. The number of hydrogen-bond donors (Lipinski definition) is 1. The van der Waals surface area contributed by atoms with Crippen molar-refractivity contribution >= 4 is 33.2 Å². The number of nitro benzene ring substituents is 1. The predicted molar refractivity (Wildman–Crippen MR) is 145 cm³/mol. The molecule has 1 unspecified atom stereocenters. The minimum Gasteiger partial charge on any atom is -0.357 e. The number of likely N-dealkylation sites (N-methyl/N-ethyl adjacent to an activating group) is 1. The van der Waals surface area contributed by atoms with Crippen molar-refractivity contribution < 1.29 is 22.9 Å². The molecule has 3 aromatic carbocycles. The Morgan fingerprint density at radius 1 is 0.974 bits per heavy atom. The number of nitrogens with zero attached hydrogens (tertiary/aromatic N) is 3. The minimum atomic E-state index is -4.02. The summed E-state index contributed by atoms with van der Waals surface area (Å²) < 4.78 is 26.3. The van der Waals surface area contributed by atoms with Crippen LogP contribution in [0.5, 0.6) is 0 Å². The van der Waals surface area contributed by atoms with Crippen LogP contribution in [0.4, 0.5) is 11.4 Å². The number of non-ortho nitro benzene ring substituents is 1. The van der Waals surface area contributed by atoms with Gasteiger partial charge in [-0.05, 0) is 24.1 Å². The zero-order chi connectivity index (χ0) is 27.9. The molecule has 0 aromatic heterocycles. The SMILES string of the molecule is CNC(=O)C(Cc1ccccc1)N(Cc1cccc(C)c1)C(=O)CN(c1cccc([N+](=O)[O-])c1)S(C)(=O)=O. The molecule has 3 rings (SSSR count). The van der Waals surface area contributed by atoms with Crippen LogP contribution in [-0.2, 0) is 32.6 Å². The number of amides is 2. The zero-order valence-electron chi connectivity index (χ0n) is 21.4. The Morgan fingerprint density at radius 2 is 1.63 bits per heavy atom. The lowest BCUT2D eigenvalue weighted by Gasteiger charge is -2.33. The molecule has 0 radical (unpaired) electrons. The fourth-order valence-electron chi connectivity index (χ4n) is 4.10. The van der Waals surface area contributed by atoms with Crippen LogP contribution < -0.4 is 9.62 Å². The summed E-state index contributed by atoms with van der Waals surface area (Å²) in [7, 11) is -2.54. The fraction of sp³-hybridized carbons (Fsp3) is 0.259. The van der Waals surface area contributed by atoms with Gasteiger partial charge in [-0.2, -0.15) is 0 Å². The van der Waals surface area contributed by atoms with E-state index in [9.17, 15) is 28.1 Å². The molecule has 200 valence electrons. The average molecular weight is 539 g/mol. The molecule has 10 nitrogen and oxygen atoms in total. The number of carbonyl (C=O) groups excluding carboxylic acids is 2. The maximum Gasteiger partial charge on any atom is 0.271 e. The van der Waals surface area contributed by atoms with Gasteiger partial charge in [0.25, 0.3) is 5.69 Å². The van der Waals surface area contributed by atoms with Crippen LogP contribution in [-0.4, -0.2) is 55.9 Å². The van der Waals surface area contributed by atoms with Crippen LogP contribution in [0.25, 0.3) is 0 Å². The lowest BCUT2D eigenvalue weighted by atomic mass is 10.0. The normalized spacial score (nSPS) is 11.9. The topological polar surface area (TPSA) is 130 Å². The highest BCUT2D eigenvalue weighted by Gasteiger charge is 2.33. The summed E-state index contributed by atoms with van der Waals surface area (Å²) in [5.74, 6) is -1.04. The van der Waals surface area contributed by atoms with Crippen molar-refractivity contribution in [1.29, 1.82) is 0 Å². The van der Waals surface area contributed by atoms with Gasteiger partial charge in [0.15, 0.2) is 0 Å². The molecule has 0 fully saturated rings. The van der Waals surface area contributed by atoms with Crippen molar-refractivity contribution in [2.75, 3.05) is 24.2 Å². The maximum atomic E-state index is 13.8. The quantitative estimate of drug-likeness (QED) is 0.295. The second-order valence-electron chi connectivity index (χ2n) is 8.88. The number of benzene rings is 3. The van der Waals surface area contributed by atoms with Gasteiger partial charge in [-0.1, -0.05) is 66.2 Å². The Kier molecular flexibility index (Phi) is 9.19. The zero-order valence-corrected chi connectivity index (χ0v) is 22.2. The van der Waals surface area contributed by atoms with E-state index in [0.29, 0.717) is 0 Å². The number of nitro groups is 1. The monoisotopic (exact) mass is 538 g/mol. The van der Waals surface area contributed by atoms with E-state index in [0.717, 1.165) is 33.3 Å². The number of nitrogens with one attached hydrogen (secondary N) is 1. The molecule has 0 saturated carbocycles. The van der Waals surface area contributed by atoms with Gasteiger partial charge in [0.1, 0.15) is 12.6 Å². The number of aryl methyl sites for hydroxylation is 1. The molecular formula is C27H30N4O6S. The van der Waals surface area contributed by atoms with E-state index in [-0.39, 0.29) is 24.3 Å². The third kappa shape index (κ3) is 7.39. The number of rotatable bonds is 11. The molecular weight excluding hydrogens is 508 g/mol. The third-order valence-corrected chi connectivity index (χ3v) is 7.10. The van der Waals surface area contributed by atoms with E-state index in [4.69, 9.17) is 0 Å². The molecule has 0 aliphatic rings. The van der Waals surface area contributed by atoms with E-state index >= 15 is 0 Å². The lowest BCUT2D eigenvalue weighted by molar-refractivity contribution is -0.384. The summed E-state index contributed by atoms with van der Waals surface area (Å²) in [6.45, 7) is 1.32. The van der Waals surface area contributed by atoms with Crippen LogP contribution >= 0.6 is 0 Å². The van der Waals surface area contributed by atoms with E-state index in [1.165, 1.54) is 30.1 Å². The summed E-state index contributed by atoms with van der Waals surface area (Å²) >= 11 is 0. The molecule has 0 aliphatic heterocycles. The first-order valence-corrected chi connectivity index (χ1v) is 13.7. The highest BCUT2D eigenvalue weighted by Crippen LogP contribution is 2.24. The molecule has 3 aromatic rings. The molecule has 0 spiro atoms. The summed E-state index contributed by atoms with van der Waals surface area (Å²) in [5.41, 5.74) is 2.21. The Morgan fingerprint density at radius 3 is 2.24 bits per heavy atom. The van der Waals surface area contributed by atoms with Crippen molar-refractivity contribution in [3.63, 3.8) is 0 Å². The van der Waals surface area contributed by atoms with Crippen molar-refractivity contribution in [3.8, 4) is 0 Å². The van der Waals surface area contributed by atoms with Crippen molar-refractivity contribution in [1.82, 2.24) is 10.2 Å². The highest BCUT2D eigenvalue weighted by molar-refractivity contribution is 7.92. The standard InChI is InChI=1S/C27H30N4O6S/c1-20-9-7-12-22(15-20)18-29(25(27(33)28-2)16-21-10-5-4-6-11-21)26(32)19-30(38(3,36)37)23-13-8-14-24(17-23)31(34)35/h4-15,17,25H,16,18-19H2,1-3H3,(H,28,33). The smallest absolute Gasteiger partial charge is 0.271 e. The first kappa shape index (κ1) is 28.3. The second-order valence-corrected chi connectivity index (χ2v) is 10.8. The number of sulfonamides is 1. The van der Waals surface area contributed by atoms with Gasteiger partial charge < -0.3 is 10.2 Å². The largest absolute Gasteiger partial charge is 0.357 e. The molecule has 1 atom stereocenters. The molecule has 0 aliphatic carbocycles. The first-order valence-electron chi connectivity index (χ1n) is 11.8. The maximum absolute atomic E-state index is 13.8. The number of carbonyl (C=O) groups is 2.